The quantitative estimate of drug-likeness (QED) is 0.530. The molecular weight excluding hydrogens is 347 g/mol. The topological polar surface area (TPSA) is 63.1 Å². The SMILES string of the molecule is Cc1nc(-c2cccs2)nc(SCc2ccc(F)cc2)c1C(=O)O. The Morgan fingerprint density at radius 2 is 2.00 bits per heavy atom. The lowest BCUT2D eigenvalue weighted by Gasteiger charge is -2.09. The highest BCUT2D eigenvalue weighted by Gasteiger charge is 2.19. The molecule has 24 heavy (non-hydrogen) atoms. The average molecular weight is 360 g/mol. The Kier molecular flexibility index (Phi) is 4.92. The smallest absolute Gasteiger partial charge is 0.340 e. The highest BCUT2D eigenvalue weighted by Crippen LogP contribution is 2.30. The second kappa shape index (κ2) is 7.11. The Bertz CT molecular complexity index is 865. The molecular formula is C17H13FN2O2S2. The van der Waals surface area contributed by atoms with Crippen molar-refractivity contribution in [2.45, 2.75) is 17.7 Å². The van der Waals surface area contributed by atoms with Gasteiger partial charge in [-0.05, 0) is 36.1 Å². The van der Waals surface area contributed by atoms with Crippen molar-refractivity contribution in [1.82, 2.24) is 9.97 Å². The van der Waals surface area contributed by atoms with Crippen LogP contribution in [0.1, 0.15) is 21.6 Å². The molecule has 2 aromatic heterocycles. The molecule has 4 nitrogen and oxygen atoms in total. The zero-order chi connectivity index (χ0) is 17.1. The van der Waals surface area contributed by atoms with Gasteiger partial charge in [-0.3, -0.25) is 0 Å². The van der Waals surface area contributed by atoms with Crippen LogP contribution in [-0.4, -0.2) is 21.0 Å². The van der Waals surface area contributed by atoms with Crippen LogP contribution in [0.2, 0.25) is 0 Å². The molecule has 3 rings (SSSR count). The number of nitrogens with zero attached hydrogens (tertiary/aromatic N) is 2. The fraction of sp³-hybridized carbons (Fsp3) is 0.118. The second-order valence-corrected chi connectivity index (χ2v) is 6.92. The van der Waals surface area contributed by atoms with E-state index in [0.717, 1.165) is 10.4 Å². The van der Waals surface area contributed by atoms with Crippen LogP contribution in [0, 0.1) is 12.7 Å². The Morgan fingerprint density at radius 1 is 1.25 bits per heavy atom. The number of aromatic nitrogens is 2. The van der Waals surface area contributed by atoms with Crippen LogP contribution in [-0.2, 0) is 5.75 Å². The van der Waals surface area contributed by atoms with Gasteiger partial charge in [-0.25, -0.2) is 19.2 Å². The number of hydrogen-bond donors (Lipinski definition) is 1. The van der Waals surface area contributed by atoms with E-state index in [1.165, 1.54) is 35.2 Å². The average Bonchev–Trinajstić information content (AvgIpc) is 3.08. The summed E-state index contributed by atoms with van der Waals surface area (Å²) in [7, 11) is 0. The van der Waals surface area contributed by atoms with Crippen LogP contribution >= 0.6 is 23.1 Å². The van der Waals surface area contributed by atoms with E-state index in [-0.39, 0.29) is 11.4 Å². The Hall–Kier alpha value is -2.25. The highest BCUT2D eigenvalue weighted by atomic mass is 32.2. The zero-order valence-corrected chi connectivity index (χ0v) is 14.3. The number of rotatable bonds is 5. The number of benzene rings is 1. The first-order valence-electron chi connectivity index (χ1n) is 7.07. The van der Waals surface area contributed by atoms with Crippen molar-refractivity contribution in [3.05, 3.63) is 64.4 Å². The number of hydrogen-bond acceptors (Lipinski definition) is 5. The van der Waals surface area contributed by atoms with E-state index < -0.39 is 5.97 Å². The minimum atomic E-state index is -1.05. The van der Waals surface area contributed by atoms with Crippen LogP contribution in [0.4, 0.5) is 4.39 Å². The van der Waals surface area contributed by atoms with Crippen LogP contribution in [0.5, 0.6) is 0 Å². The number of carbonyl (C=O) groups is 1. The molecule has 1 N–H and O–H groups in total. The summed E-state index contributed by atoms with van der Waals surface area (Å²) in [5, 5.41) is 11.8. The van der Waals surface area contributed by atoms with Gasteiger partial charge in [0.2, 0.25) is 0 Å². The number of aryl methyl sites for hydroxylation is 1. The third kappa shape index (κ3) is 3.63. The van der Waals surface area contributed by atoms with E-state index in [1.807, 2.05) is 17.5 Å². The molecule has 2 heterocycles. The Balaban J connectivity index is 1.94. The summed E-state index contributed by atoms with van der Waals surface area (Å²) in [6.07, 6.45) is 0. The van der Waals surface area contributed by atoms with E-state index in [2.05, 4.69) is 9.97 Å². The summed E-state index contributed by atoms with van der Waals surface area (Å²) in [6, 6.07) is 9.92. The van der Waals surface area contributed by atoms with Gasteiger partial charge in [0.15, 0.2) is 5.82 Å². The van der Waals surface area contributed by atoms with Crippen molar-refractivity contribution in [2.75, 3.05) is 0 Å². The van der Waals surface area contributed by atoms with Crippen molar-refractivity contribution in [3.63, 3.8) is 0 Å². The summed E-state index contributed by atoms with van der Waals surface area (Å²) in [5.41, 5.74) is 1.44. The van der Waals surface area contributed by atoms with Crippen molar-refractivity contribution < 1.29 is 14.3 Å². The lowest BCUT2D eigenvalue weighted by Crippen LogP contribution is -2.08. The molecule has 0 radical (unpaired) electrons. The molecule has 0 unspecified atom stereocenters. The normalized spacial score (nSPS) is 10.8. The maximum atomic E-state index is 13.0. The second-order valence-electron chi connectivity index (χ2n) is 5.01. The van der Waals surface area contributed by atoms with Crippen LogP contribution < -0.4 is 0 Å². The first-order chi connectivity index (χ1) is 11.5. The van der Waals surface area contributed by atoms with Crippen molar-refractivity contribution in [1.29, 1.82) is 0 Å². The summed E-state index contributed by atoms with van der Waals surface area (Å²) in [4.78, 5) is 21.2. The van der Waals surface area contributed by atoms with Gasteiger partial charge in [0.1, 0.15) is 16.4 Å². The van der Waals surface area contributed by atoms with E-state index in [0.29, 0.717) is 22.3 Å². The lowest BCUT2D eigenvalue weighted by atomic mass is 10.2. The Morgan fingerprint density at radius 3 is 2.62 bits per heavy atom. The predicted molar refractivity (Wildman–Crippen MR) is 93.0 cm³/mol. The summed E-state index contributed by atoms with van der Waals surface area (Å²) in [5.74, 6) is -0.324. The highest BCUT2D eigenvalue weighted by molar-refractivity contribution is 7.98. The molecule has 7 heteroatoms. The predicted octanol–water partition coefficient (Wildman–Crippen LogP) is 4.64. The monoisotopic (exact) mass is 360 g/mol. The molecule has 3 aromatic rings. The standard InChI is InChI=1S/C17H13FN2O2S2/c1-10-14(17(21)22)16(20-15(19-10)13-3-2-8-23-13)24-9-11-4-6-12(18)7-5-11/h2-8H,9H2,1H3,(H,21,22). The van der Waals surface area contributed by atoms with E-state index in [1.54, 1.807) is 19.1 Å². The molecule has 122 valence electrons. The van der Waals surface area contributed by atoms with Gasteiger partial charge in [0, 0.05) is 5.75 Å². The third-order valence-corrected chi connectivity index (χ3v) is 5.21. The molecule has 0 atom stereocenters. The summed E-state index contributed by atoms with van der Waals surface area (Å²) >= 11 is 2.81. The van der Waals surface area contributed by atoms with Gasteiger partial charge in [0.25, 0.3) is 0 Å². The first-order valence-corrected chi connectivity index (χ1v) is 8.94. The lowest BCUT2D eigenvalue weighted by molar-refractivity contribution is 0.0690. The van der Waals surface area contributed by atoms with Gasteiger partial charge < -0.3 is 5.11 Å². The Labute approximate surface area is 146 Å². The number of thioether (sulfide) groups is 1. The number of carboxylic acids is 1. The van der Waals surface area contributed by atoms with Crippen LogP contribution in [0.25, 0.3) is 10.7 Å². The molecule has 0 saturated carbocycles. The van der Waals surface area contributed by atoms with Crippen LogP contribution in [0.15, 0.2) is 46.8 Å². The molecule has 0 aliphatic heterocycles. The maximum absolute atomic E-state index is 13.0. The molecule has 0 saturated heterocycles. The number of thiophene rings is 1. The van der Waals surface area contributed by atoms with E-state index >= 15 is 0 Å². The van der Waals surface area contributed by atoms with E-state index in [9.17, 15) is 14.3 Å². The minimum Gasteiger partial charge on any atom is -0.478 e. The maximum Gasteiger partial charge on any atom is 0.340 e. The zero-order valence-electron chi connectivity index (χ0n) is 12.7. The minimum absolute atomic E-state index is 0.113. The number of halogens is 1. The van der Waals surface area contributed by atoms with Gasteiger partial charge >= 0.3 is 5.97 Å². The fourth-order valence-electron chi connectivity index (χ4n) is 2.15. The molecule has 0 spiro atoms. The van der Waals surface area contributed by atoms with Gasteiger partial charge in [-0.1, -0.05) is 18.2 Å². The largest absolute Gasteiger partial charge is 0.478 e. The summed E-state index contributed by atoms with van der Waals surface area (Å²) in [6.45, 7) is 1.67. The van der Waals surface area contributed by atoms with Crippen molar-refractivity contribution in [2.24, 2.45) is 0 Å². The van der Waals surface area contributed by atoms with Gasteiger partial charge in [0.05, 0.1) is 10.6 Å². The van der Waals surface area contributed by atoms with Crippen molar-refractivity contribution in [3.8, 4) is 10.7 Å². The molecule has 0 fully saturated rings. The molecule has 0 bridgehead atoms. The fourth-order valence-corrected chi connectivity index (χ4v) is 3.83. The molecule has 0 aliphatic carbocycles. The first kappa shape index (κ1) is 16.6. The number of aromatic carboxylic acids is 1. The van der Waals surface area contributed by atoms with Crippen molar-refractivity contribution >= 4 is 29.1 Å². The molecule has 1 aromatic carbocycles. The van der Waals surface area contributed by atoms with E-state index in [4.69, 9.17) is 0 Å². The molecule has 0 amide bonds. The molecule has 0 aliphatic rings. The van der Waals surface area contributed by atoms with Crippen LogP contribution in [0.3, 0.4) is 0 Å². The summed E-state index contributed by atoms with van der Waals surface area (Å²) < 4.78 is 13.0. The van der Waals surface area contributed by atoms with Gasteiger partial charge in [-0.2, -0.15) is 0 Å². The third-order valence-electron chi connectivity index (χ3n) is 3.30. The van der Waals surface area contributed by atoms with Gasteiger partial charge in [-0.15, -0.1) is 23.1 Å². The number of carboxylic acid groups (broad SMARTS) is 1.